The Labute approximate surface area is 143 Å². The van der Waals surface area contributed by atoms with E-state index >= 15 is 0 Å². The smallest absolute Gasteiger partial charge is 0.305 e. The number of ether oxygens (including phenoxy) is 1. The van der Waals surface area contributed by atoms with Crippen molar-refractivity contribution in [2.75, 3.05) is 25.1 Å². The Kier molecular flexibility index (Phi) is 6.15. The number of benzene rings is 1. The van der Waals surface area contributed by atoms with Crippen molar-refractivity contribution in [1.29, 1.82) is 0 Å². The zero-order chi connectivity index (χ0) is 16.8. The average molecular weight is 383 g/mol. The van der Waals surface area contributed by atoms with E-state index < -0.39 is 0 Å². The zero-order valence-electron chi connectivity index (χ0n) is 12.9. The number of hydrogen-bond donors (Lipinski definition) is 1. The molecule has 1 heterocycles. The van der Waals surface area contributed by atoms with Crippen molar-refractivity contribution < 1.29 is 19.1 Å². The Morgan fingerprint density at radius 3 is 2.83 bits per heavy atom. The minimum atomic E-state index is -0.368. The van der Waals surface area contributed by atoms with E-state index in [1.807, 2.05) is 24.3 Å². The highest BCUT2D eigenvalue weighted by atomic mass is 79.9. The van der Waals surface area contributed by atoms with Gasteiger partial charge in [0.25, 0.3) is 0 Å². The molecule has 124 valence electrons. The summed E-state index contributed by atoms with van der Waals surface area (Å²) in [5, 5.41) is 2.77. The van der Waals surface area contributed by atoms with Crippen molar-refractivity contribution in [3.05, 3.63) is 28.7 Å². The van der Waals surface area contributed by atoms with Crippen LogP contribution < -0.4 is 10.2 Å². The molecule has 0 saturated carbocycles. The van der Waals surface area contributed by atoms with Crippen LogP contribution in [0.3, 0.4) is 0 Å². The summed E-state index contributed by atoms with van der Waals surface area (Å²) < 4.78 is 5.36. The van der Waals surface area contributed by atoms with Gasteiger partial charge < -0.3 is 15.0 Å². The summed E-state index contributed by atoms with van der Waals surface area (Å²) in [4.78, 5) is 36.9. The molecule has 2 rings (SSSR count). The number of hydrogen-bond acceptors (Lipinski definition) is 4. The summed E-state index contributed by atoms with van der Waals surface area (Å²) in [6, 6.07) is 7.44. The van der Waals surface area contributed by atoms with Gasteiger partial charge in [0.1, 0.15) is 0 Å². The van der Waals surface area contributed by atoms with Crippen LogP contribution in [0.5, 0.6) is 0 Å². The van der Waals surface area contributed by atoms with Crippen molar-refractivity contribution in [1.82, 2.24) is 5.32 Å². The molecular formula is C16H19BrN2O4. The molecule has 0 bridgehead atoms. The summed E-state index contributed by atoms with van der Waals surface area (Å²) in [5.41, 5.74) is 0.776. The molecule has 0 spiro atoms. The van der Waals surface area contributed by atoms with Gasteiger partial charge in [0.05, 0.1) is 18.7 Å². The minimum absolute atomic E-state index is 0.0633. The maximum atomic E-state index is 12.2. The molecule has 0 radical (unpaired) electrons. The Bertz CT molecular complexity index is 605. The molecule has 1 fully saturated rings. The van der Waals surface area contributed by atoms with E-state index in [0.717, 1.165) is 10.2 Å². The van der Waals surface area contributed by atoms with E-state index in [0.29, 0.717) is 19.5 Å². The summed E-state index contributed by atoms with van der Waals surface area (Å²) in [6.07, 6.45) is 0.987. The van der Waals surface area contributed by atoms with Gasteiger partial charge in [0.15, 0.2) is 0 Å². The molecule has 2 amide bonds. The van der Waals surface area contributed by atoms with Crippen molar-refractivity contribution in [3.63, 3.8) is 0 Å². The SMILES string of the molecule is COC(=O)CCCNC(=O)[C@H]1CC(=O)N(c2ccccc2Br)C1. The van der Waals surface area contributed by atoms with E-state index in [-0.39, 0.29) is 36.5 Å². The number of carbonyl (C=O) groups excluding carboxylic acids is 3. The molecule has 1 aliphatic heterocycles. The molecule has 0 unspecified atom stereocenters. The average Bonchev–Trinajstić information content (AvgIpc) is 2.93. The Morgan fingerprint density at radius 2 is 2.13 bits per heavy atom. The van der Waals surface area contributed by atoms with Crippen molar-refractivity contribution in [2.24, 2.45) is 5.92 Å². The van der Waals surface area contributed by atoms with E-state index in [1.54, 1.807) is 4.90 Å². The van der Waals surface area contributed by atoms with Crippen LogP contribution in [0.15, 0.2) is 28.7 Å². The summed E-state index contributed by atoms with van der Waals surface area (Å²) in [7, 11) is 1.33. The van der Waals surface area contributed by atoms with E-state index in [4.69, 9.17) is 0 Å². The summed E-state index contributed by atoms with van der Waals surface area (Å²) >= 11 is 3.42. The minimum Gasteiger partial charge on any atom is -0.469 e. The lowest BCUT2D eigenvalue weighted by Gasteiger charge is -2.18. The van der Waals surface area contributed by atoms with Gasteiger partial charge in [-0.25, -0.2) is 0 Å². The first kappa shape index (κ1) is 17.5. The normalized spacial score (nSPS) is 17.2. The Balaban J connectivity index is 1.86. The maximum Gasteiger partial charge on any atom is 0.305 e. The number of methoxy groups -OCH3 is 1. The Hall–Kier alpha value is -1.89. The van der Waals surface area contributed by atoms with Crippen LogP contribution in [-0.2, 0) is 19.1 Å². The number of nitrogens with zero attached hydrogens (tertiary/aromatic N) is 1. The second kappa shape index (κ2) is 8.10. The fourth-order valence-electron chi connectivity index (χ4n) is 2.48. The molecule has 6 nitrogen and oxygen atoms in total. The molecule has 1 saturated heterocycles. The van der Waals surface area contributed by atoms with Crippen LogP contribution in [0.1, 0.15) is 19.3 Å². The lowest BCUT2D eigenvalue weighted by Crippen LogP contribution is -2.33. The molecule has 1 aliphatic rings. The third-order valence-corrected chi connectivity index (χ3v) is 4.39. The second-order valence-electron chi connectivity index (χ2n) is 5.33. The number of esters is 1. The first-order chi connectivity index (χ1) is 11.0. The fraction of sp³-hybridized carbons (Fsp3) is 0.438. The number of para-hydroxylation sites is 1. The highest BCUT2D eigenvalue weighted by Crippen LogP contribution is 2.31. The number of anilines is 1. The lowest BCUT2D eigenvalue weighted by molar-refractivity contribution is -0.140. The molecular weight excluding hydrogens is 364 g/mol. The summed E-state index contributed by atoms with van der Waals surface area (Å²) in [5.74, 6) is -0.882. The van der Waals surface area contributed by atoms with Crippen LogP contribution in [-0.4, -0.2) is 38.0 Å². The third-order valence-electron chi connectivity index (χ3n) is 3.72. The van der Waals surface area contributed by atoms with Crippen LogP contribution in [0, 0.1) is 5.92 Å². The van der Waals surface area contributed by atoms with Gasteiger partial charge in [-0.15, -0.1) is 0 Å². The van der Waals surface area contributed by atoms with Crippen LogP contribution >= 0.6 is 15.9 Å². The van der Waals surface area contributed by atoms with E-state index in [9.17, 15) is 14.4 Å². The first-order valence-corrected chi connectivity index (χ1v) is 8.21. The van der Waals surface area contributed by atoms with Crippen molar-refractivity contribution in [2.45, 2.75) is 19.3 Å². The number of amides is 2. The van der Waals surface area contributed by atoms with Gasteiger partial charge in [-0.3, -0.25) is 14.4 Å². The summed E-state index contributed by atoms with van der Waals surface area (Å²) in [6.45, 7) is 0.762. The van der Waals surface area contributed by atoms with E-state index in [2.05, 4.69) is 26.0 Å². The molecule has 0 aromatic heterocycles. The van der Waals surface area contributed by atoms with Crippen molar-refractivity contribution >= 4 is 39.4 Å². The molecule has 1 atom stereocenters. The quantitative estimate of drug-likeness (QED) is 0.601. The number of rotatable bonds is 6. The standard InChI is InChI=1S/C16H19BrN2O4/c1-23-15(21)7-4-8-18-16(22)11-9-14(20)19(10-11)13-6-3-2-5-12(13)17/h2-3,5-6,11H,4,7-10H2,1H3,(H,18,22)/t11-/m0/s1. The molecule has 1 aromatic carbocycles. The predicted molar refractivity (Wildman–Crippen MR) is 88.9 cm³/mol. The topological polar surface area (TPSA) is 75.7 Å². The van der Waals surface area contributed by atoms with Gasteiger partial charge in [0, 0.05) is 30.4 Å². The van der Waals surface area contributed by atoms with Crippen LogP contribution in [0.4, 0.5) is 5.69 Å². The van der Waals surface area contributed by atoms with Gasteiger partial charge in [-0.1, -0.05) is 12.1 Å². The monoisotopic (exact) mass is 382 g/mol. The maximum absolute atomic E-state index is 12.2. The van der Waals surface area contributed by atoms with Gasteiger partial charge in [0.2, 0.25) is 11.8 Å². The number of nitrogens with one attached hydrogen (secondary N) is 1. The van der Waals surface area contributed by atoms with Crippen LogP contribution in [0.25, 0.3) is 0 Å². The molecule has 23 heavy (non-hydrogen) atoms. The highest BCUT2D eigenvalue weighted by molar-refractivity contribution is 9.10. The van der Waals surface area contributed by atoms with Crippen LogP contribution in [0.2, 0.25) is 0 Å². The number of carbonyl (C=O) groups is 3. The Morgan fingerprint density at radius 1 is 1.39 bits per heavy atom. The molecule has 7 heteroatoms. The van der Waals surface area contributed by atoms with Gasteiger partial charge in [-0.2, -0.15) is 0 Å². The zero-order valence-corrected chi connectivity index (χ0v) is 14.5. The third kappa shape index (κ3) is 4.54. The predicted octanol–water partition coefficient (Wildman–Crippen LogP) is 1.87. The van der Waals surface area contributed by atoms with Gasteiger partial charge >= 0.3 is 5.97 Å². The first-order valence-electron chi connectivity index (χ1n) is 7.42. The molecule has 0 aliphatic carbocycles. The van der Waals surface area contributed by atoms with E-state index in [1.165, 1.54) is 7.11 Å². The van der Waals surface area contributed by atoms with Gasteiger partial charge in [-0.05, 0) is 34.5 Å². The second-order valence-corrected chi connectivity index (χ2v) is 6.18. The fourth-order valence-corrected chi connectivity index (χ4v) is 2.98. The highest BCUT2D eigenvalue weighted by Gasteiger charge is 2.35. The van der Waals surface area contributed by atoms with Crippen molar-refractivity contribution in [3.8, 4) is 0 Å². The lowest BCUT2D eigenvalue weighted by atomic mass is 10.1. The largest absolute Gasteiger partial charge is 0.469 e. The molecule has 1 N–H and O–H groups in total. The molecule has 1 aromatic rings. The number of halogens is 1.